The molecule has 1 saturated heterocycles. The summed E-state index contributed by atoms with van der Waals surface area (Å²) in [5.41, 5.74) is 2.61. The third-order valence-corrected chi connectivity index (χ3v) is 6.93. The summed E-state index contributed by atoms with van der Waals surface area (Å²) in [7, 11) is 1.66. The minimum absolute atomic E-state index is 0.00172. The maximum atomic E-state index is 12.1. The highest BCUT2D eigenvalue weighted by molar-refractivity contribution is 5.75. The van der Waals surface area contributed by atoms with Crippen molar-refractivity contribution in [3.8, 4) is 17.3 Å². The van der Waals surface area contributed by atoms with E-state index in [-0.39, 0.29) is 6.03 Å². The van der Waals surface area contributed by atoms with E-state index in [4.69, 9.17) is 9.72 Å². The molecule has 1 aromatic carbocycles. The van der Waals surface area contributed by atoms with Crippen molar-refractivity contribution < 1.29 is 9.53 Å². The molecule has 4 N–H and O–H groups in total. The molecule has 3 heterocycles. The Morgan fingerprint density at radius 3 is 2.69 bits per heavy atom. The van der Waals surface area contributed by atoms with E-state index in [1.165, 1.54) is 19.3 Å². The van der Waals surface area contributed by atoms with Crippen LogP contribution in [0.5, 0.6) is 5.75 Å². The van der Waals surface area contributed by atoms with Crippen LogP contribution < -0.4 is 25.6 Å². The van der Waals surface area contributed by atoms with Gasteiger partial charge in [-0.25, -0.2) is 14.8 Å². The fourth-order valence-corrected chi connectivity index (χ4v) is 4.97. The van der Waals surface area contributed by atoms with Gasteiger partial charge in [0.1, 0.15) is 17.8 Å². The van der Waals surface area contributed by atoms with Gasteiger partial charge in [-0.1, -0.05) is 19.3 Å². The number of methoxy groups -OCH3 is 1. The average molecular weight is 494 g/mol. The molecule has 1 aliphatic carbocycles. The fourth-order valence-electron chi connectivity index (χ4n) is 4.97. The molecule has 1 aromatic rings. The normalized spacial score (nSPS) is 16.7. The molecule has 0 aromatic heterocycles. The topological polar surface area (TPSA) is 123 Å². The van der Waals surface area contributed by atoms with Gasteiger partial charge in [-0.3, -0.25) is 0 Å². The lowest BCUT2D eigenvalue weighted by Crippen LogP contribution is -2.51. The van der Waals surface area contributed by atoms with Crippen LogP contribution in [0.25, 0.3) is 11.5 Å². The molecule has 5 rings (SSSR count). The highest BCUT2D eigenvalue weighted by Gasteiger charge is 2.23. The summed E-state index contributed by atoms with van der Waals surface area (Å²) >= 11 is 0. The van der Waals surface area contributed by atoms with E-state index in [1.807, 2.05) is 24.0 Å². The summed E-state index contributed by atoms with van der Waals surface area (Å²) in [6, 6.07) is 6.49. The first-order valence-electron chi connectivity index (χ1n) is 12.8. The molecular formula is C25H35N9O2. The lowest BCUT2D eigenvalue weighted by molar-refractivity contribution is 0.195. The van der Waals surface area contributed by atoms with Crippen LogP contribution in [0.2, 0.25) is 0 Å². The van der Waals surface area contributed by atoms with Crippen LogP contribution in [0.1, 0.15) is 39.0 Å². The van der Waals surface area contributed by atoms with Crippen molar-refractivity contribution in [1.82, 2.24) is 30.2 Å². The first kappa shape index (κ1) is 24.0. The molecule has 2 fully saturated rings. The van der Waals surface area contributed by atoms with Crippen molar-refractivity contribution in [1.29, 1.82) is 0 Å². The molecule has 2 amide bonds. The van der Waals surface area contributed by atoms with E-state index in [9.17, 15) is 4.79 Å². The molecule has 0 spiro atoms. The van der Waals surface area contributed by atoms with Gasteiger partial charge in [-0.2, -0.15) is 4.98 Å². The number of carbonyl (C=O) groups excluding carboxylic acids is 1. The lowest BCUT2D eigenvalue weighted by atomic mass is 9.95. The van der Waals surface area contributed by atoms with Crippen LogP contribution in [0, 0.1) is 0 Å². The van der Waals surface area contributed by atoms with Gasteiger partial charge >= 0.3 is 6.03 Å². The van der Waals surface area contributed by atoms with Crippen molar-refractivity contribution >= 4 is 29.2 Å². The first-order chi connectivity index (χ1) is 17.6. The zero-order valence-corrected chi connectivity index (χ0v) is 21.0. The molecule has 3 aliphatic heterocycles. The Hall–Kier alpha value is -3.76. The second-order valence-corrected chi connectivity index (χ2v) is 9.30. The van der Waals surface area contributed by atoms with E-state index < -0.39 is 0 Å². The number of imidazole rings is 1. The predicted molar refractivity (Wildman–Crippen MR) is 140 cm³/mol. The Bertz CT molecular complexity index is 1140. The Morgan fingerprint density at radius 2 is 1.94 bits per heavy atom. The number of aromatic amines is 1. The highest BCUT2D eigenvalue weighted by atomic mass is 16.5. The number of hydrogen-bond acceptors (Lipinski definition) is 8. The molecule has 0 unspecified atom stereocenters. The fraction of sp³-hybridized carbons (Fsp3) is 0.520. The van der Waals surface area contributed by atoms with Crippen LogP contribution >= 0.6 is 0 Å². The van der Waals surface area contributed by atoms with Crippen molar-refractivity contribution in [3.63, 3.8) is 0 Å². The number of carbonyl (C=O) groups is 1. The van der Waals surface area contributed by atoms with E-state index in [2.05, 4.69) is 41.9 Å². The number of ether oxygens (including phenoxy) is 1. The molecule has 36 heavy (non-hydrogen) atoms. The van der Waals surface area contributed by atoms with E-state index >= 15 is 0 Å². The smallest absolute Gasteiger partial charge is 0.317 e. The maximum absolute atomic E-state index is 12.1. The minimum Gasteiger partial charge on any atom is -0.494 e. The summed E-state index contributed by atoms with van der Waals surface area (Å²) < 4.78 is 5.72. The van der Waals surface area contributed by atoms with Gasteiger partial charge in [0, 0.05) is 50.5 Å². The summed E-state index contributed by atoms with van der Waals surface area (Å²) in [5, 5.41) is 9.84. The lowest BCUT2D eigenvalue weighted by Gasteiger charge is -2.36. The minimum atomic E-state index is 0.00172. The largest absolute Gasteiger partial charge is 0.494 e. The van der Waals surface area contributed by atoms with Crippen molar-refractivity contribution in [2.75, 3.05) is 55.4 Å². The molecular weight excluding hydrogens is 458 g/mol. The van der Waals surface area contributed by atoms with Crippen molar-refractivity contribution in [3.05, 3.63) is 24.5 Å². The molecule has 0 bridgehead atoms. The van der Waals surface area contributed by atoms with Crippen LogP contribution in [0.4, 0.5) is 27.9 Å². The number of aromatic nitrogens is 4. The molecule has 11 heteroatoms. The Balaban J connectivity index is 1.31. The maximum Gasteiger partial charge on any atom is 0.317 e. The monoisotopic (exact) mass is 493 g/mol. The first-order valence-corrected chi connectivity index (χ1v) is 12.8. The third kappa shape index (κ3) is 5.24. The molecule has 4 aliphatic rings. The van der Waals surface area contributed by atoms with Gasteiger partial charge in [-0.05, 0) is 31.9 Å². The quantitative estimate of drug-likeness (QED) is 0.393. The van der Waals surface area contributed by atoms with Crippen molar-refractivity contribution in [2.24, 2.45) is 0 Å². The Kier molecular flexibility index (Phi) is 7.24. The number of nitrogens with zero attached hydrogens (tertiary/aromatic N) is 5. The zero-order chi connectivity index (χ0) is 24.9. The number of urea groups is 1. The number of amides is 2. The number of benzene rings is 1. The summed E-state index contributed by atoms with van der Waals surface area (Å²) in [6.45, 7) is 5.48. The zero-order valence-electron chi connectivity index (χ0n) is 21.0. The van der Waals surface area contributed by atoms with Crippen LogP contribution in [0.3, 0.4) is 0 Å². The highest BCUT2D eigenvalue weighted by Crippen LogP contribution is 2.34. The van der Waals surface area contributed by atoms with Crippen molar-refractivity contribution in [2.45, 2.75) is 45.1 Å². The molecule has 1 saturated carbocycles. The van der Waals surface area contributed by atoms with Gasteiger partial charge in [0.05, 0.1) is 12.8 Å². The molecule has 0 radical (unpaired) electrons. The van der Waals surface area contributed by atoms with Crippen LogP contribution in [0.15, 0.2) is 24.5 Å². The number of piperazine rings is 1. The predicted octanol–water partition coefficient (Wildman–Crippen LogP) is 3.65. The van der Waals surface area contributed by atoms with E-state index in [0.29, 0.717) is 43.2 Å². The standard InChI is InChI=1S/C25H35N9O2/c1-3-26-25(35)34-13-11-33(12-14-34)18-9-10-19(20(15-18)36-2)30-24-31-22-21(27-16-28-22)23(32-24)29-17-7-5-4-6-8-17/h9-10,15-17H,3-8,11-14H2,1-2H3,(H,26,35)(H3,27,28,29,30,31,32). The summed E-state index contributed by atoms with van der Waals surface area (Å²) in [4.78, 5) is 33.0. The second-order valence-electron chi connectivity index (χ2n) is 9.30. The average Bonchev–Trinajstić information content (AvgIpc) is 3.39. The van der Waals surface area contributed by atoms with Gasteiger partial charge in [0.15, 0.2) is 11.6 Å². The SMILES string of the molecule is CCNC(=O)N1CCN(c2ccc(Nc3nc(NC4CCCCC4)c4ncnc-4[nH]3)c(OC)c2)CC1. The Labute approximate surface area is 211 Å². The number of anilines is 4. The number of H-pyrrole nitrogens is 1. The molecule has 11 nitrogen and oxygen atoms in total. The van der Waals surface area contributed by atoms with Gasteiger partial charge in [0.25, 0.3) is 0 Å². The molecule has 0 atom stereocenters. The number of rotatable bonds is 7. The molecule has 192 valence electrons. The number of nitrogens with one attached hydrogen (secondary N) is 4. The second kappa shape index (κ2) is 10.9. The summed E-state index contributed by atoms with van der Waals surface area (Å²) in [5.74, 6) is 2.72. The third-order valence-electron chi connectivity index (χ3n) is 6.93. The van der Waals surface area contributed by atoms with Crippen LogP contribution in [-0.4, -0.2) is 76.7 Å². The van der Waals surface area contributed by atoms with Crippen LogP contribution in [-0.2, 0) is 0 Å². The number of fused-ring (bicyclic) bond motifs is 1. The Morgan fingerprint density at radius 1 is 1.14 bits per heavy atom. The van der Waals surface area contributed by atoms with E-state index in [1.54, 1.807) is 13.4 Å². The van der Waals surface area contributed by atoms with Gasteiger partial charge in [0.2, 0.25) is 5.95 Å². The van der Waals surface area contributed by atoms with Gasteiger partial charge < -0.3 is 35.5 Å². The van der Waals surface area contributed by atoms with Gasteiger partial charge in [-0.15, -0.1) is 0 Å². The number of hydrogen-bond donors (Lipinski definition) is 4. The van der Waals surface area contributed by atoms with E-state index in [0.717, 1.165) is 48.8 Å². The summed E-state index contributed by atoms with van der Waals surface area (Å²) in [6.07, 6.45) is 7.62.